The van der Waals surface area contributed by atoms with Crippen LogP contribution in [-0.4, -0.2) is 171 Å². The molecule has 0 saturated carbocycles. The number of aliphatic imine (C=N–C) groups is 1. The summed E-state index contributed by atoms with van der Waals surface area (Å²) in [5, 5.41) is 44.0. The van der Waals surface area contributed by atoms with E-state index in [4.69, 9.17) is 17.2 Å². The Balaban J connectivity index is 2.04. The molecular weight excluding hydrogens is 885 g/mol. The van der Waals surface area contributed by atoms with Crippen LogP contribution in [0.3, 0.4) is 0 Å². The number of nitrogens with one attached hydrogen (secondary N) is 2. The van der Waals surface area contributed by atoms with E-state index >= 15 is 0 Å². The second-order valence-electron chi connectivity index (χ2n) is 13.7. The van der Waals surface area contributed by atoms with Gasteiger partial charge in [0.25, 0.3) is 11.5 Å². The number of carboxylic acid groups (broad SMARTS) is 4. The van der Waals surface area contributed by atoms with Crippen LogP contribution in [0, 0.1) is 5.92 Å². The van der Waals surface area contributed by atoms with Gasteiger partial charge in [-0.05, 0) is 44.0 Å². The molecule has 5 atom stereocenters. The zero-order valence-corrected chi connectivity index (χ0v) is 35.4. The van der Waals surface area contributed by atoms with Gasteiger partial charge >= 0.3 is 24.0 Å². The number of carbonyl (C=O) groups is 9. The van der Waals surface area contributed by atoms with E-state index in [9.17, 15) is 68.4 Å². The number of nitrogens with zero attached hydrogens (tertiary/aromatic N) is 9. The first-order valence-electron chi connectivity index (χ1n) is 19.0. The van der Waals surface area contributed by atoms with Crippen LogP contribution in [0.15, 0.2) is 40.2 Å². The van der Waals surface area contributed by atoms with Gasteiger partial charge in [-0.15, -0.1) is 10.2 Å². The van der Waals surface area contributed by atoms with Gasteiger partial charge in [-0.2, -0.15) is 17.6 Å². The van der Waals surface area contributed by atoms with E-state index in [0.717, 1.165) is 6.92 Å². The fraction of sp³-hybridized carbons (Fsp3) is 0.389. The number of nitrogens with two attached hydrogens (primary N) is 3. The van der Waals surface area contributed by atoms with Gasteiger partial charge in [0.2, 0.25) is 11.9 Å². The number of rotatable bonds is 26. The fourth-order valence-corrected chi connectivity index (χ4v) is 6.36. The summed E-state index contributed by atoms with van der Waals surface area (Å²) in [6.45, 7) is -0.0964. The minimum atomic E-state index is -2.24. The average Bonchev–Trinajstić information content (AvgIpc) is 3.25. The number of nitrogen functional groups attached to an aromatic ring is 1. The number of hydrogen-bond donors (Lipinski definition) is 10. The van der Waals surface area contributed by atoms with Gasteiger partial charge in [-0.25, -0.2) is 29.6 Å². The minimum absolute atomic E-state index is 0.000287. The molecule has 0 saturated heterocycles. The number of aromatic nitrogens is 4. The van der Waals surface area contributed by atoms with Gasteiger partial charge in [0, 0.05) is 37.0 Å². The minimum Gasteiger partial charge on any atom is -0.481 e. The second kappa shape index (κ2) is 23.6. The molecule has 0 unspecified atom stereocenters. The average molecular weight is 931 g/mol. The van der Waals surface area contributed by atoms with Gasteiger partial charge in [-0.1, -0.05) is 0 Å². The third-order valence-corrected chi connectivity index (χ3v) is 9.49. The molecular formula is C36H46N14O14S. The highest BCUT2D eigenvalue weighted by molar-refractivity contribution is 7.80. The van der Waals surface area contributed by atoms with Crippen LogP contribution < -0.4 is 33.0 Å². The lowest BCUT2D eigenvalue weighted by Gasteiger charge is -2.51. The number of aldehydes is 3. The predicted molar refractivity (Wildman–Crippen MR) is 228 cm³/mol. The molecule has 0 aliphatic rings. The zero-order chi connectivity index (χ0) is 48.7. The molecule has 12 N–H and O–H groups in total. The first kappa shape index (κ1) is 51.6. The molecule has 0 fully saturated rings. The van der Waals surface area contributed by atoms with Crippen molar-refractivity contribution < 1.29 is 63.6 Å². The van der Waals surface area contributed by atoms with Crippen molar-refractivity contribution in [2.75, 3.05) is 36.5 Å². The highest BCUT2D eigenvalue weighted by Gasteiger charge is 2.47. The maximum absolute atomic E-state index is 14.3. The van der Waals surface area contributed by atoms with Gasteiger partial charge in [0.15, 0.2) is 22.9 Å². The Morgan fingerprint density at radius 1 is 0.938 bits per heavy atom. The summed E-state index contributed by atoms with van der Waals surface area (Å²) in [6, 6.07) is -2.42. The van der Waals surface area contributed by atoms with Crippen LogP contribution in [0.25, 0.3) is 11.2 Å². The van der Waals surface area contributed by atoms with Gasteiger partial charge in [-0.3, -0.25) is 33.9 Å². The Labute approximate surface area is 372 Å². The summed E-state index contributed by atoms with van der Waals surface area (Å²) < 4.78 is 0. The van der Waals surface area contributed by atoms with Gasteiger partial charge in [0.1, 0.15) is 43.0 Å². The maximum atomic E-state index is 14.3. The SMILES string of the molecule is C[C@@H](C=O)N(C(=O)CC[C@H](NC(=O)c1ccc(N(C)c2cnc3nc(N)[nH]c(=O)c3n2)cc1)C(=O)O)N([C@H](C=O)[C@H](CCN=C(N)N)C(=O)O)N([C@H](C=O)CC(=O)O)N(CCS)C(=O)O. The number of thiol groups is 1. The summed E-state index contributed by atoms with van der Waals surface area (Å²) >= 11 is 4.02. The maximum Gasteiger partial charge on any atom is 0.423 e. The van der Waals surface area contributed by atoms with Gasteiger partial charge < -0.3 is 62.2 Å². The summed E-state index contributed by atoms with van der Waals surface area (Å²) in [4.78, 5) is 148. The predicted octanol–water partition coefficient (Wildman–Crippen LogP) is -2.32. The Hall–Kier alpha value is -7.79. The number of fused-ring (bicyclic) bond motifs is 1. The molecule has 3 aromatic rings. The molecule has 350 valence electrons. The Kier molecular flexibility index (Phi) is 18.7. The number of carbonyl (C=O) groups excluding carboxylic acids is 5. The van der Waals surface area contributed by atoms with Crippen LogP contribution in [0.2, 0.25) is 0 Å². The van der Waals surface area contributed by atoms with Crippen molar-refractivity contribution in [3.8, 4) is 0 Å². The Morgan fingerprint density at radius 3 is 2.12 bits per heavy atom. The number of hydrogen-bond acceptors (Lipinski definition) is 19. The van der Waals surface area contributed by atoms with E-state index < -0.39 is 116 Å². The van der Waals surface area contributed by atoms with Crippen molar-refractivity contribution in [2.45, 2.75) is 56.8 Å². The van der Waals surface area contributed by atoms with E-state index in [0.29, 0.717) is 20.9 Å². The third kappa shape index (κ3) is 13.4. The molecule has 29 heteroatoms. The molecule has 0 spiro atoms. The topological polar surface area (TPSA) is 425 Å². The quantitative estimate of drug-likeness (QED) is 0.0133. The van der Waals surface area contributed by atoms with Crippen molar-refractivity contribution in [2.24, 2.45) is 22.4 Å². The number of carboxylic acids is 3. The molecule has 0 bridgehead atoms. The largest absolute Gasteiger partial charge is 0.481 e. The summed E-state index contributed by atoms with van der Waals surface area (Å²) in [5.41, 5.74) is 15.9. The number of hydrazine groups is 3. The number of guanidine groups is 1. The Bertz CT molecular complexity index is 2350. The monoisotopic (exact) mass is 930 g/mol. The lowest BCUT2D eigenvalue weighted by molar-refractivity contribution is -0.292. The first-order valence-corrected chi connectivity index (χ1v) is 19.6. The van der Waals surface area contributed by atoms with E-state index in [1.165, 1.54) is 35.4 Å². The van der Waals surface area contributed by atoms with Crippen molar-refractivity contribution in [1.82, 2.24) is 45.5 Å². The molecule has 2 aromatic heterocycles. The molecule has 65 heavy (non-hydrogen) atoms. The highest BCUT2D eigenvalue weighted by atomic mass is 32.1. The summed E-state index contributed by atoms with van der Waals surface area (Å²) in [6.07, 6.45) is -4.09. The number of aliphatic carboxylic acids is 3. The zero-order valence-electron chi connectivity index (χ0n) is 34.5. The van der Waals surface area contributed by atoms with Crippen molar-refractivity contribution in [3.05, 3.63) is 46.4 Å². The van der Waals surface area contributed by atoms with E-state index in [-0.39, 0.29) is 58.1 Å². The lowest BCUT2D eigenvalue weighted by atomic mass is 9.97. The number of benzene rings is 1. The number of aromatic amines is 1. The molecule has 0 radical (unpaired) electrons. The molecule has 0 aliphatic carbocycles. The standard InChI is InChI=1S/C36H46N14O14S/c1-18(15-51)48(50(24(17-53)22(32(59)60)9-10-40-34(37)38)49(21(16-52)13-27(55)56)47(11-12-65)36(63)64)26(54)8-7-23(33(61)62)42-30(57)19-3-5-20(6-4-19)46(2)25-14-41-29-28(43-25)31(58)45-35(39)44-29/h3-6,14-18,21-24,65H,7-13H2,1-2H3,(H,42,57)(H,55,56)(H,59,60)(H,61,62)(H,63,64)(H4,37,38,40)(H3,39,41,44,45,58)/t18-,21-,22-,23-,24+/m0/s1. The second-order valence-corrected chi connectivity index (χ2v) is 14.2. The summed E-state index contributed by atoms with van der Waals surface area (Å²) in [5.74, 6) is -10.1. The number of anilines is 3. The molecule has 0 aliphatic heterocycles. The first-order chi connectivity index (χ1) is 30.7. The van der Waals surface area contributed by atoms with E-state index in [2.05, 4.69) is 42.9 Å². The van der Waals surface area contributed by atoms with Crippen LogP contribution in [0.1, 0.15) is 43.0 Å². The van der Waals surface area contributed by atoms with E-state index in [1.54, 1.807) is 7.05 Å². The highest BCUT2D eigenvalue weighted by Crippen LogP contribution is 2.27. The normalized spacial score (nSPS) is 13.4. The van der Waals surface area contributed by atoms with Crippen LogP contribution >= 0.6 is 12.6 Å². The van der Waals surface area contributed by atoms with Crippen molar-refractivity contribution in [1.29, 1.82) is 0 Å². The number of H-pyrrole nitrogens is 1. The van der Waals surface area contributed by atoms with E-state index in [1.807, 2.05) is 0 Å². The molecule has 1 aromatic carbocycles. The summed E-state index contributed by atoms with van der Waals surface area (Å²) in [7, 11) is 1.58. The molecule has 3 amide bonds. The number of amides is 3. The fourth-order valence-electron chi connectivity index (χ4n) is 6.17. The van der Waals surface area contributed by atoms with Crippen LogP contribution in [-0.2, 0) is 33.6 Å². The van der Waals surface area contributed by atoms with Crippen molar-refractivity contribution in [3.63, 3.8) is 0 Å². The smallest absolute Gasteiger partial charge is 0.423 e. The Morgan fingerprint density at radius 2 is 1.60 bits per heavy atom. The molecule has 3 rings (SSSR count). The van der Waals surface area contributed by atoms with Crippen LogP contribution in [0.5, 0.6) is 0 Å². The van der Waals surface area contributed by atoms with Crippen LogP contribution in [0.4, 0.5) is 22.2 Å². The van der Waals surface area contributed by atoms with Gasteiger partial charge in [0.05, 0.1) is 25.1 Å². The lowest BCUT2D eigenvalue weighted by Crippen LogP contribution is -2.72. The molecule has 28 nitrogen and oxygen atoms in total. The molecule has 2 heterocycles. The third-order valence-electron chi connectivity index (χ3n) is 9.29. The van der Waals surface area contributed by atoms with Crippen molar-refractivity contribution >= 4 is 102 Å².